The molecule has 1 fully saturated rings. The minimum atomic E-state index is -0.467. The van der Waals surface area contributed by atoms with Gasteiger partial charge in [-0.05, 0) is 49.8 Å². The van der Waals surface area contributed by atoms with Crippen molar-refractivity contribution in [2.45, 2.75) is 44.2 Å². The van der Waals surface area contributed by atoms with E-state index in [0.29, 0.717) is 18.4 Å². The van der Waals surface area contributed by atoms with Gasteiger partial charge in [-0.2, -0.15) is 0 Å². The zero-order valence-electron chi connectivity index (χ0n) is 9.54. The number of aliphatic hydroxyl groups excluding tert-OH is 1. The molecule has 0 aromatic heterocycles. The van der Waals surface area contributed by atoms with Crippen LogP contribution in [0.1, 0.15) is 36.8 Å². The van der Waals surface area contributed by atoms with Crippen LogP contribution in [-0.4, -0.2) is 11.2 Å². The monoisotopic (exact) mass is 223 g/mol. The van der Waals surface area contributed by atoms with Crippen molar-refractivity contribution >= 4 is 0 Å². The van der Waals surface area contributed by atoms with Gasteiger partial charge in [0, 0.05) is 5.54 Å². The van der Waals surface area contributed by atoms with Crippen LogP contribution in [0.15, 0.2) is 18.2 Å². The van der Waals surface area contributed by atoms with Crippen molar-refractivity contribution in [3.05, 3.63) is 35.1 Å². The number of hydrogen-bond acceptors (Lipinski definition) is 2. The third-order valence-corrected chi connectivity index (χ3v) is 3.65. The summed E-state index contributed by atoms with van der Waals surface area (Å²) in [7, 11) is 0. The van der Waals surface area contributed by atoms with E-state index in [0.717, 1.165) is 18.4 Å². The Morgan fingerprint density at radius 3 is 2.62 bits per heavy atom. The largest absolute Gasteiger partial charge is 0.393 e. The SMILES string of the molecule is Cc1c(F)cccc1C1(N)CCC(O)CC1. The first-order chi connectivity index (χ1) is 7.53. The second kappa shape index (κ2) is 4.15. The van der Waals surface area contributed by atoms with Crippen molar-refractivity contribution in [1.82, 2.24) is 0 Å². The molecule has 0 amide bonds. The van der Waals surface area contributed by atoms with Gasteiger partial charge in [0.2, 0.25) is 0 Å². The highest BCUT2D eigenvalue weighted by Crippen LogP contribution is 2.36. The molecule has 2 nitrogen and oxygen atoms in total. The predicted molar refractivity (Wildman–Crippen MR) is 61.5 cm³/mol. The first-order valence-corrected chi connectivity index (χ1v) is 5.75. The number of halogens is 1. The Morgan fingerprint density at radius 2 is 2.00 bits per heavy atom. The van der Waals surface area contributed by atoms with Gasteiger partial charge in [-0.15, -0.1) is 0 Å². The molecule has 1 aliphatic carbocycles. The summed E-state index contributed by atoms with van der Waals surface area (Å²) in [6.07, 6.45) is 2.60. The van der Waals surface area contributed by atoms with E-state index in [1.165, 1.54) is 6.07 Å². The number of rotatable bonds is 1. The second-order valence-electron chi connectivity index (χ2n) is 4.80. The average molecular weight is 223 g/mol. The highest BCUT2D eigenvalue weighted by molar-refractivity contribution is 5.34. The maximum Gasteiger partial charge on any atom is 0.126 e. The topological polar surface area (TPSA) is 46.2 Å². The van der Waals surface area contributed by atoms with Crippen LogP contribution in [0.3, 0.4) is 0 Å². The lowest BCUT2D eigenvalue weighted by molar-refractivity contribution is 0.0966. The van der Waals surface area contributed by atoms with Crippen molar-refractivity contribution in [2.75, 3.05) is 0 Å². The van der Waals surface area contributed by atoms with Gasteiger partial charge in [0.15, 0.2) is 0 Å². The predicted octanol–water partition coefficient (Wildman–Crippen LogP) is 2.22. The molecule has 0 aliphatic heterocycles. The minimum absolute atomic E-state index is 0.201. The van der Waals surface area contributed by atoms with Crippen molar-refractivity contribution < 1.29 is 9.50 Å². The molecule has 0 atom stereocenters. The Morgan fingerprint density at radius 1 is 1.38 bits per heavy atom. The van der Waals surface area contributed by atoms with Gasteiger partial charge in [-0.1, -0.05) is 12.1 Å². The second-order valence-corrected chi connectivity index (χ2v) is 4.80. The van der Waals surface area contributed by atoms with Crippen LogP contribution in [0.5, 0.6) is 0 Å². The highest BCUT2D eigenvalue weighted by atomic mass is 19.1. The lowest BCUT2D eigenvalue weighted by atomic mass is 9.75. The summed E-state index contributed by atoms with van der Waals surface area (Å²) in [5.41, 5.74) is 7.40. The van der Waals surface area contributed by atoms with Crippen LogP contribution in [-0.2, 0) is 5.54 Å². The zero-order chi connectivity index (χ0) is 11.8. The molecule has 1 aromatic carbocycles. The van der Waals surface area contributed by atoms with Crippen LogP contribution < -0.4 is 5.73 Å². The van der Waals surface area contributed by atoms with E-state index in [2.05, 4.69) is 0 Å². The summed E-state index contributed by atoms with van der Waals surface area (Å²) in [5, 5.41) is 9.48. The zero-order valence-corrected chi connectivity index (χ0v) is 9.54. The Kier molecular flexibility index (Phi) is 3.00. The quantitative estimate of drug-likeness (QED) is 0.767. The van der Waals surface area contributed by atoms with Gasteiger partial charge < -0.3 is 10.8 Å². The van der Waals surface area contributed by atoms with Gasteiger partial charge in [0.05, 0.1) is 6.10 Å². The van der Waals surface area contributed by atoms with Crippen molar-refractivity contribution in [1.29, 1.82) is 0 Å². The Balaban J connectivity index is 2.32. The molecule has 0 heterocycles. The van der Waals surface area contributed by atoms with E-state index >= 15 is 0 Å². The molecule has 0 bridgehead atoms. The summed E-state index contributed by atoms with van der Waals surface area (Å²) in [6, 6.07) is 5.06. The summed E-state index contributed by atoms with van der Waals surface area (Å²) < 4.78 is 13.5. The molecule has 0 saturated heterocycles. The minimum Gasteiger partial charge on any atom is -0.393 e. The van der Waals surface area contributed by atoms with E-state index in [1.807, 2.05) is 6.07 Å². The van der Waals surface area contributed by atoms with Crippen molar-refractivity contribution in [2.24, 2.45) is 5.73 Å². The fourth-order valence-electron chi connectivity index (χ4n) is 2.53. The third kappa shape index (κ3) is 1.97. The number of aliphatic hydroxyl groups is 1. The highest BCUT2D eigenvalue weighted by Gasteiger charge is 2.34. The lowest BCUT2D eigenvalue weighted by Gasteiger charge is -2.37. The van der Waals surface area contributed by atoms with Crippen LogP contribution in [0, 0.1) is 12.7 Å². The molecule has 3 heteroatoms. The van der Waals surface area contributed by atoms with Crippen molar-refractivity contribution in [3.8, 4) is 0 Å². The molecular formula is C13H18FNO. The van der Waals surface area contributed by atoms with Crippen LogP contribution in [0.25, 0.3) is 0 Å². The van der Waals surface area contributed by atoms with Crippen LogP contribution in [0.4, 0.5) is 4.39 Å². The lowest BCUT2D eigenvalue weighted by Crippen LogP contribution is -2.42. The van der Waals surface area contributed by atoms with Crippen molar-refractivity contribution in [3.63, 3.8) is 0 Å². The normalized spacial score (nSPS) is 30.4. The first-order valence-electron chi connectivity index (χ1n) is 5.75. The Labute approximate surface area is 95.3 Å². The molecule has 1 aromatic rings. The van der Waals surface area contributed by atoms with E-state index in [4.69, 9.17) is 5.73 Å². The molecule has 0 unspecified atom stereocenters. The Hall–Kier alpha value is -0.930. The van der Waals surface area contributed by atoms with E-state index in [-0.39, 0.29) is 11.9 Å². The average Bonchev–Trinajstić information content (AvgIpc) is 2.27. The maximum absolute atomic E-state index is 13.5. The summed E-state index contributed by atoms with van der Waals surface area (Å²) >= 11 is 0. The third-order valence-electron chi connectivity index (χ3n) is 3.65. The van der Waals surface area contributed by atoms with E-state index in [1.54, 1.807) is 13.0 Å². The summed E-state index contributed by atoms with van der Waals surface area (Å²) in [6.45, 7) is 1.77. The van der Waals surface area contributed by atoms with Crippen LogP contribution in [0.2, 0.25) is 0 Å². The van der Waals surface area contributed by atoms with Gasteiger partial charge in [-0.25, -0.2) is 4.39 Å². The van der Waals surface area contributed by atoms with Gasteiger partial charge in [0.1, 0.15) is 5.82 Å². The van der Waals surface area contributed by atoms with Gasteiger partial charge in [-0.3, -0.25) is 0 Å². The molecule has 16 heavy (non-hydrogen) atoms. The molecule has 88 valence electrons. The first kappa shape index (κ1) is 11.6. The molecule has 0 spiro atoms. The number of hydrogen-bond donors (Lipinski definition) is 2. The summed E-state index contributed by atoms with van der Waals surface area (Å²) in [5.74, 6) is -0.201. The summed E-state index contributed by atoms with van der Waals surface area (Å²) in [4.78, 5) is 0. The molecule has 3 N–H and O–H groups in total. The fourth-order valence-corrected chi connectivity index (χ4v) is 2.53. The molecule has 2 rings (SSSR count). The fraction of sp³-hybridized carbons (Fsp3) is 0.538. The smallest absolute Gasteiger partial charge is 0.126 e. The molecular weight excluding hydrogens is 205 g/mol. The van der Waals surface area contributed by atoms with Gasteiger partial charge in [0.25, 0.3) is 0 Å². The van der Waals surface area contributed by atoms with Crippen LogP contribution >= 0.6 is 0 Å². The van der Waals surface area contributed by atoms with E-state index < -0.39 is 5.54 Å². The molecule has 1 saturated carbocycles. The standard InChI is InChI=1S/C13H18FNO/c1-9-11(3-2-4-12(9)14)13(15)7-5-10(16)6-8-13/h2-4,10,16H,5-8,15H2,1H3. The maximum atomic E-state index is 13.5. The van der Waals surface area contributed by atoms with Gasteiger partial charge >= 0.3 is 0 Å². The number of benzene rings is 1. The Bertz CT molecular complexity index is 384. The molecule has 0 radical (unpaired) electrons. The molecule has 1 aliphatic rings. The van der Waals surface area contributed by atoms with E-state index in [9.17, 15) is 9.50 Å². The number of nitrogens with two attached hydrogens (primary N) is 1.